The van der Waals surface area contributed by atoms with E-state index in [9.17, 15) is 4.79 Å². The number of nitrogens with zero attached hydrogens (tertiary/aromatic N) is 3. The highest BCUT2D eigenvalue weighted by Gasteiger charge is 2.21. The number of pyridine rings is 1. The van der Waals surface area contributed by atoms with E-state index in [-0.39, 0.29) is 5.91 Å². The van der Waals surface area contributed by atoms with Crippen LogP contribution < -0.4 is 4.90 Å². The Hall–Kier alpha value is -1.40. The largest absolute Gasteiger partial charge is 0.355 e. The van der Waals surface area contributed by atoms with Crippen molar-refractivity contribution in [1.82, 2.24) is 9.88 Å². The van der Waals surface area contributed by atoms with Crippen molar-refractivity contribution < 1.29 is 4.79 Å². The molecule has 0 atom stereocenters. The Labute approximate surface area is 136 Å². The molecule has 1 amide bonds. The second kappa shape index (κ2) is 6.58. The lowest BCUT2D eigenvalue weighted by molar-refractivity contribution is 0.0772. The predicted molar refractivity (Wildman–Crippen MR) is 89.0 cm³/mol. The molecule has 2 aromatic rings. The van der Waals surface area contributed by atoms with Gasteiger partial charge in [-0.15, -0.1) is 11.3 Å². The Morgan fingerprint density at radius 1 is 1.19 bits per heavy atom. The van der Waals surface area contributed by atoms with Gasteiger partial charge < -0.3 is 9.80 Å². The van der Waals surface area contributed by atoms with Gasteiger partial charge in [-0.2, -0.15) is 0 Å². The first-order chi connectivity index (χ1) is 10.2. The quantitative estimate of drug-likeness (QED) is 0.819. The zero-order chi connectivity index (χ0) is 14.7. The third kappa shape index (κ3) is 3.44. The van der Waals surface area contributed by atoms with E-state index in [0.717, 1.165) is 47.8 Å². The molecule has 0 radical (unpaired) electrons. The highest BCUT2D eigenvalue weighted by atomic mass is 79.9. The van der Waals surface area contributed by atoms with E-state index in [1.807, 2.05) is 40.7 Å². The van der Waals surface area contributed by atoms with E-state index < -0.39 is 0 Å². The van der Waals surface area contributed by atoms with Gasteiger partial charge in [-0.25, -0.2) is 4.98 Å². The van der Waals surface area contributed by atoms with Crippen molar-refractivity contribution in [3.63, 3.8) is 0 Å². The van der Waals surface area contributed by atoms with Crippen molar-refractivity contribution >= 4 is 39.0 Å². The van der Waals surface area contributed by atoms with Crippen molar-refractivity contribution in [1.29, 1.82) is 0 Å². The predicted octanol–water partition coefficient (Wildman–Crippen LogP) is 3.26. The van der Waals surface area contributed by atoms with Crippen molar-refractivity contribution in [3.05, 3.63) is 45.2 Å². The molecule has 6 heteroatoms. The van der Waals surface area contributed by atoms with Crippen LogP contribution in [-0.2, 0) is 0 Å². The fourth-order valence-electron chi connectivity index (χ4n) is 2.46. The number of halogens is 1. The van der Waals surface area contributed by atoms with E-state index in [0.29, 0.717) is 0 Å². The van der Waals surface area contributed by atoms with Crippen LogP contribution in [0.2, 0.25) is 0 Å². The van der Waals surface area contributed by atoms with Gasteiger partial charge in [0.2, 0.25) is 0 Å². The summed E-state index contributed by atoms with van der Waals surface area (Å²) in [5.74, 6) is 1.12. The lowest BCUT2D eigenvalue weighted by atomic mass is 10.3. The molecule has 1 aliphatic rings. The maximum absolute atomic E-state index is 12.4. The van der Waals surface area contributed by atoms with Crippen LogP contribution in [0.25, 0.3) is 0 Å². The summed E-state index contributed by atoms with van der Waals surface area (Å²) in [4.78, 5) is 21.9. The molecule has 3 heterocycles. The van der Waals surface area contributed by atoms with Crippen molar-refractivity contribution in [2.45, 2.75) is 6.42 Å². The molecule has 3 rings (SSSR count). The summed E-state index contributed by atoms with van der Waals surface area (Å²) < 4.78 is 0.982. The number of rotatable bonds is 2. The Morgan fingerprint density at radius 3 is 2.81 bits per heavy atom. The van der Waals surface area contributed by atoms with E-state index >= 15 is 0 Å². The van der Waals surface area contributed by atoms with Crippen molar-refractivity contribution in [2.75, 3.05) is 31.1 Å². The van der Waals surface area contributed by atoms with Gasteiger partial charge in [0.05, 0.1) is 4.88 Å². The molecule has 0 N–H and O–H groups in total. The van der Waals surface area contributed by atoms with Crippen LogP contribution in [0.5, 0.6) is 0 Å². The van der Waals surface area contributed by atoms with Gasteiger partial charge in [0.25, 0.3) is 5.91 Å². The smallest absolute Gasteiger partial charge is 0.263 e. The standard InChI is InChI=1S/C15H16BrN3OS/c16-12-4-5-14(17-11-12)18-6-2-7-19(9-8-18)15(20)13-3-1-10-21-13/h1,3-5,10-11H,2,6-9H2. The van der Waals surface area contributed by atoms with Crippen LogP contribution in [0, 0.1) is 0 Å². The molecule has 2 aromatic heterocycles. The number of anilines is 1. The zero-order valence-electron chi connectivity index (χ0n) is 11.5. The first-order valence-corrected chi connectivity index (χ1v) is 8.60. The van der Waals surface area contributed by atoms with Crippen molar-refractivity contribution in [3.8, 4) is 0 Å². The number of carbonyl (C=O) groups excluding carboxylic acids is 1. The molecule has 0 aromatic carbocycles. The van der Waals surface area contributed by atoms with E-state index in [1.54, 1.807) is 0 Å². The van der Waals surface area contributed by atoms with E-state index in [4.69, 9.17) is 0 Å². The van der Waals surface area contributed by atoms with Crippen LogP contribution >= 0.6 is 27.3 Å². The van der Waals surface area contributed by atoms with Gasteiger partial charge >= 0.3 is 0 Å². The van der Waals surface area contributed by atoms with E-state index in [1.165, 1.54) is 11.3 Å². The van der Waals surface area contributed by atoms with Gasteiger partial charge in [-0.3, -0.25) is 4.79 Å². The molecule has 0 spiro atoms. The van der Waals surface area contributed by atoms with Crippen LogP contribution in [0.15, 0.2) is 40.3 Å². The molecule has 0 unspecified atom stereocenters. The van der Waals surface area contributed by atoms with Crippen LogP contribution in [0.1, 0.15) is 16.1 Å². The molecule has 4 nitrogen and oxygen atoms in total. The second-order valence-electron chi connectivity index (χ2n) is 4.94. The summed E-state index contributed by atoms with van der Waals surface area (Å²) in [6.45, 7) is 3.31. The number of carbonyl (C=O) groups is 1. The first kappa shape index (κ1) is 14.5. The SMILES string of the molecule is O=C(c1cccs1)N1CCCN(c2ccc(Br)cn2)CC1. The molecular weight excluding hydrogens is 350 g/mol. The summed E-state index contributed by atoms with van der Waals surface area (Å²) in [6.07, 6.45) is 2.78. The molecule has 0 bridgehead atoms. The van der Waals surface area contributed by atoms with Crippen LogP contribution in [0.3, 0.4) is 0 Å². The topological polar surface area (TPSA) is 36.4 Å². The van der Waals surface area contributed by atoms with Gasteiger partial charge in [-0.1, -0.05) is 6.07 Å². The average Bonchev–Trinajstić information content (AvgIpc) is 2.92. The van der Waals surface area contributed by atoms with E-state index in [2.05, 4.69) is 25.8 Å². The Bertz CT molecular complexity index is 600. The molecule has 21 heavy (non-hydrogen) atoms. The second-order valence-corrected chi connectivity index (χ2v) is 6.81. The average molecular weight is 366 g/mol. The molecule has 110 valence electrons. The molecular formula is C15H16BrN3OS. The highest BCUT2D eigenvalue weighted by Crippen LogP contribution is 2.18. The molecule has 1 aliphatic heterocycles. The van der Waals surface area contributed by atoms with Crippen LogP contribution in [0.4, 0.5) is 5.82 Å². The van der Waals surface area contributed by atoms with Gasteiger partial charge in [0.15, 0.2) is 0 Å². The lowest BCUT2D eigenvalue weighted by Crippen LogP contribution is -2.35. The number of hydrogen-bond donors (Lipinski definition) is 0. The highest BCUT2D eigenvalue weighted by molar-refractivity contribution is 9.10. The van der Waals surface area contributed by atoms with Gasteiger partial charge in [-0.05, 0) is 45.9 Å². The fourth-order valence-corrected chi connectivity index (χ4v) is 3.39. The van der Waals surface area contributed by atoms with Crippen molar-refractivity contribution in [2.24, 2.45) is 0 Å². The van der Waals surface area contributed by atoms with Gasteiger partial charge in [0.1, 0.15) is 5.82 Å². The normalized spacial score (nSPS) is 15.9. The summed E-state index contributed by atoms with van der Waals surface area (Å²) >= 11 is 4.91. The van der Waals surface area contributed by atoms with Crippen LogP contribution in [-0.4, -0.2) is 42.0 Å². The monoisotopic (exact) mass is 365 g/mol. The molecule has 0 saturated carbocycles. The number of aromatic nitrogens is 1. The summed E-state index contributed by atoms with van der Waals surface area (Å²) in [5, 5.41) is 1.95. The van der Waals surface area contributed by atoms with Gasteiger partial charge in [0, 0.05) is 36.8 Å². The molecule has 1 saturated heterocycles. The lowest BCUT2D eigenvalue weighted by Gasteiger charge is -2.22. The number of hydrogen-bond acceptors (Lipinski definition) is 4. The Morgan fingerprint density at radius 2 is 2.10 bits per heavy atom. The summed E-state index contributed by atoms with van der Waals surface area (Å²) in [6, 6.07) is 7.84. The number of amides is 1. The first-order valence-electron chi connectivity index (χ1n) is 6.93. The molecule has 1 fully saturated rings. The number of thiophene rings is 1. The zero-order valence-corrected chi connectivity index (χ0v) is 13.9. The minimum absolute atomic E-state index is 0.149. The fraction of sp³-hybridized carbons (Fsp3) is 0.333. The minimum Gasteiger partial charge on any atom is -0.355 e. The third-order valence-electron chi connectivity index (χ3n) is 3.55. The molecule has 0 aliphatic carbocycles. The Kier molecular flexibility index (Phi) is 4.55. The minimum atomic E-state index is 0.149. The summed E-state index contributed by atoms with van der Waals surface area (Å²) in [7, 11) is 0. The summed E-state index contributed by atoms with van der Waals surface area (Å²) in [5.41, 5.74) is 0. The third-order valence-corrected chi connectivity index (χ3v) is 4.88. The Balaban J connectivity index is 1.66. The maximum Gasteiger partial charge on any atom is 0.263 e. The maximum atomic E-state index is 12.4.